The lowest BCUT2D eigenvalue weighted by Crippen LogP contribution is -2.46. The van der Waals surface area contributed by atoms with Crippen LogP contribution in [0.2, 0.25) is 0 Å². The van der Waals surface area contributed by atoms with Crippen molar-refractivity contribution in [3.05, 3.63) is 59.5 Å². The molecule has 1 aromatic carbocycles. The van der Waals surface area contributed by atoms with Gasteiger partial charge in [0, 0.05) is 30.1 Å². The predicted octanol–water partition coefficient (Wildman–Crippen LogP) is 4.22. The minimum atomic E-state index is -0.182. The maximum absolute atomic E-state index is 12.7. The topological polar surface area (TPSA) is 84.7 Å². The molecule has 4 rings (SSSR count). The zero-order valence-corrected chi connectivity index (χ0v) is 18.4. The number of carbonyl (C=O) groups is 2. The van der Waals surface area contributed by atoms with Crippen LogP contribution in [0.4, 0.5) is 0 Å². The number of piperidine rings is 1. The molecule has 0 bridgehead atoms. The van der Waals surface area contributed by atoms with Crippen molar-refractivity contribution in [1.29, 1.82) is 0 Å². The number of carbonyl (C=O) groups excluding carboxylic acids is 2. The molecule has 0 saturated carbocycles. The SMILES string of the molecule is CC(C)Oc1ccc(-c2nc(C(=O)NC3CCN(C(=O)c4ccco4)CC3)cs2)cc1. The van der Waals surface area contributed by atoms with Crippen LogP contribution in [0.1, 0.15) is 47.7 Å². The van der Waals surface area contributed by atoms with E-state index in [1.165, 1.54) is 17.6 Å². The van der Waals surface area contributed by atoms with Crippen molar-refractivity contribution >= 4 is 23.2 Å². The van der Waals surface area contributed by atoms with Gasteiger partial charge in [0.25, 0.3) is 11.8 Å². The van der Waals surface area contributed by atoms with Gasteiger partial charge in [-0.15, -0.1) is 11.3 Å². The summed E-state index contributed by atoms with van der Waals surface area (Å²) in [5, 5.41) is 5.62. The Morgan fingerprint density at radius 2 is 1.94 bits per heavy atom. The second-order valence-electron chi connectivity index (χ2n) is 7.75. The number of ether oxygens (including phenoxy) is 1. The summed E-state index contributed by atoms with van der Waals surface area (Å²) in [7, 11) is 0. The molecule has 31 heavy (non-hydrogen) atoms. The van der Waals surface area contributed by atoms with Gasteiger partial charge in [0.2, 0.25) is 0 Å². The number of rotatable bonds is 6. The minimum absolute atomic E-state index is 0.0192. The standard InChI is InChI=1S/C23H25N3O4S/c1-15(2)30-18-7-5-16(6-8-18)22-25-19(14-31-22)21(27)24-17-9-11-26(12-10-17)23(28)20-4-3-13-29-20/h3-8,13-15,17H,9-12H2,1-2H3,(H,24,27). The van der Waals surface area contributed by atoms with Crippen molar-refractivity contribution in [3.8, 4) is 16.3 Å². The third-order valence-electron chi connectivity index (χ3n) is 5.06. The molecule has 1 aliphatic heterocycles. The molecule has 1 N–H and O–H groups in total. The highest BCUT2D eigenvalue weighted by molar-refractivity contribution is 7.13. The second kappa shape index (κ2) is 9.34. The van der Waals surface area contributed by atoms with Crippen LogP contribution >= 0.6 is 11.3 Å². The first-order chi connectivity index (χ1) is 15.0. The minimum Gasteiger partial charge on any atom is -0.491 e. The van der Waals surface area contributed by atoms with Gasteiger partial charge in [0.1, 0.15) is 16.5 Å². The molecule has 1 saturated heterocycles. The van der Waals surface area contributed by atoms with Gasteiger partial charge in [-0.2, -0.15) is 0 Å². The maximum Gasteiger partial charge on any atom is 0.289 e. The first kappa shape index (κ1) is 21.1. The summed E-state index contributed by atoms with van der Waals surface area (Å²) in [5.41, 5.74) is 1.36. The number of benzene rings is 1. The molecule has 0 aliphatic carbocycles. The van der Waals surface area contributed by atoms with E-state index in [1.807, 2.05) is 38.1 Å². The Hall–Kier alpha value is -3.13. The van der Waals surface area contributed by atoms with Crippen LogP contribution in [0.25, 0.3) is 10.6 Å². The number of likely N-dealkylation sites (tertiary alicyclic amines) is 1. The van der Waals surface area contributed by atoms with Crippen LogP contribution in [0, 0.1) is 0 Å². The van der Waals surface area contributed by atoms with Gasteiger partial charge >= 0.3 is 0 Å². The maximum atomic E-state index is 12.7. The number of hydrogen-bond acceptors (Lipinski definition) is 6. The normalized spacial score (nSPS) is 14.6. The van der Waals surface area contributed by atoms with E-state index >= 15 is 0 Å². The molecule has 2 aromatic heterocycles. The van der Waals surface area contributed by atoms with Crippen molar-refractivity contribution in [2.75, 3.05) is 13.1 Å². The summed E-state index contributed by atoms with van der Waals surface area (Å²) in [6.45, 7) is 5.13. The molecule has 162 valence electrons. The number of nitrogens with one attached hydrogen (secondary N) is 1. The van der Waals surface area contributed by atoms with Gasteiger partial charge in [-0.3, -0.25) is 9.59 Å². The number of nitrogens with zero attached hydrogens (tertiary/aromatic N) is 2. The number of hydrogen-bond donors (Lipinski definition) is 1. The fraction of sp³-hybridized carbons (Fsp3) is 0.348. The van der Waals surface area contributed by atoms with Crippen LogP contribution in [0.15, 0.2) is 52.5 Å². The van der Waals surface area contributed by atoms with Crippen molar-refractivity contribution in [3.63, 3.8) is 0 Å². The van der Waals surface area contributed by atoms with E-state index in [2.05, 4.69) is 10.3 Å². The van der Waals surface area contributed by atoms with Crippen molar-refractivity contribution < 1.29 is 18.7 Å². The Kier molecular flexibility index (Phi) is 6.36. The first-order valence-electron chi connectivity index (χ1n) is 10.4. The number of amides is 2. The molecular formula is C23H25N3O4S. The third kappa shape index (κ3) is 5.14. The summed E-state index contributed by atoms with van der Waals surface area (Å²) >= 11 is 1.44. The number of furan rings is 1. The van der Waals surface area contributed by atoms with Gasteiger partial charge in [-0.1, -0.05) is 0 Å². The van der Waals surface area contributed by atoms with E-state index < -0.39 is 0 Å². The Balaban J connectivity index is 1.31. The molecule has 0 unspecified atom stereocenters. The van der Waals surface area contributed by atoms with E-state index in [0.29, 0.717) is 37.4 Å². The average molecular weight is 440 g/mol. The smallest absolute Gasteiger partial charge is 0.289 e. The van der Waals surface area contributed by atoms with Crippen molar-refractivity contribution in [2.24, 2.45) is 0 Å². The second-order valence-corrected chi connectivity index (χ2v) is 8.60. The van der Waals surface area contributed by atoms with Gasteiger partial charge in [0.05, 0.1) is 12.4 Å². The molecule has 3 aromatic rings. The van der Waals surface area contributed by atoms with Crippen molar-refractivity contribution in [1.82, 2.24) is 15.2 Å². The van der Waals surface area contributed by atoms with E-state index in [0.717, 1.165) is 16.3 Å². The zero-order chi connectivity index (χ0) is 21.8. The van der Waals surface area contributed by atoms with Crippen LogP contribution in [-0.2, 0) is 0 Å². The lowest BCUT2D eigenvalue weighted by atomic mass is 10.0. The Morgan fingerprint density at radius 1 is 1.19 bits per heavy atom. The lowest BCUT2D eigenvalue weighted by molar-refractivity contribution is 0.0667. The number of thiazole rings is 1. The summed E-state index contributed by atoms with van der Waals surface area (Å²) in [6.07, 6.45) is 3.02. The highest BCUT2D eigenvalue weighted by Crippen LogP contribution is 2.26. The van der Waals surface area contributed by atoms with E-state index in [4.69, 9.17) is 9.15 Å². The highest BCUT2D eigenvalue weighted by Gasteiger charge is 2.26. The molecule has 8 heteroatoms. The monoisotopic (exact) mass is 439 g/mol. The Labute approximate surface area is 185 Å². The van der Waals surface area contributed by atoms with Crippen LogP contribution in [0.5, 0.6) is 5.75 Å². The zero-order valence-electron chi connectivity index (χ0n) is 17.5. The molecular weight excluding hydrogens is 414 g/mol. The Morgan fingerprint density at radius 3 is 2.58 bits per heavy atom. The van der Waals surface area contributed by atoms with Gasteiger partial charge in [-0.25, -0.2) is 4.98 Å². The first-order valence-corrected chi connectivity index (χ1v) is 11.2. The quantitative estimate of drug-likeness (QED) is 0.621. The molecule has 0 atom stereocenters. The van der Waals surface area contributed by atoms with Gasteiger partial charge < -0.3 is 19.4 Å². The molecule has 0 radical (unpaired) electrons. The fourth-order valence-corrected chi connectivity index (χ4v) is 4.31. The van der Waals surface area contributed by atoms with Gasteiger partial charge in [0.15, 0.2) is 5.76 Å². The highest BCUT2D eigenvalue weighted by atomic mass is 32.1. The molecule has 7 nitrogen and oxygen atoms in total. The average Bonchev–Trinajstić information content (AvgIpc) is 3.46. The largest absolute Gasteiger partial charge is 0.491 e. The van der Waals surface area contributed by atoms with Gasteiger partial charge in [-0.05, 0) is 63.1 Å². The van der Waals surface area contributed by atoms with E-state index in [-0.39, 0.29) is 24.0 Å². The molecule has 1 fully saturated rings. The fourth-order valence-electron chi connectivity index (χ4n) is 3.50. The summed E-state index contributed by atoms with van der Waals surface area (Å²) in [6, 6.07) is 11.1. The van der Waals surface area contributed by atoms with Crippen LogP contribution in [0.3, 0.4) is 0 Å². The van der Waals surface area contributed by atoms with Crippen molar-refractivity contribution in [2.45, 2.75) is 38.8 Å². The third-order valence-corrected chi connectivity index (χ3v) is 5.95. The summed E-state index contributed by atoms with van der Waals surface area (Å²) in [5.74, 6) is 0.869. The Bertz CT molecular complexity index is 1020. The molecule has 0 spiro atoms. The lowest BCUT2D eigenvalue weighted by Gasteiger charge is -2.31. The van der Waals surface area contributed by atoms with E-state index in [1.54, 1.807) is 22.4 Å². The number of aromatic nitrogens is 1. The molecule has 3 heterocycles. The summed E-state index contributed by atoms with van der Waals surface area (Å²) < 4.78 is 10.9. The molecule has 1 aliphatic rings. The van der Waals surface area contributed by atoms with E-state index in [9.17, 15) is 9.59 Å². The molecule has 2 amide bonds. The van der Waals surface area contributed by atoms with Crippen LogP contribution < -0.4 is 10.1 Å². The summed E-state index contributed by atoms with van der Waals surface area (Å²) in [4.78, 5) is 31.3. The van der Waals surface area contributed by atoms with Crippen LogP contribution in [-0.4, -0.2) is 46.9 Å². The predicted molar refractivity (Wildman–Crippen MR) is 118 cm³/mol.